The van der Waals surface area contributed by atoms with Gasteiger partial charge in [0, 0.05) is 44.6 Å². The van der Waals surface area contributed by atoms with Crippen molar-refractivity contribution in [1.82, 2.24) is 30.7 Å². The third-order valence-corrected chi connectivity index (χ3v) is 8.22. The Labute approximate surface area is 328 Å². The zero-order chi connectivity index (χ0) is 42.7. The van der Waals surface area contributed by atoms with Gasteiger partial charge < -0.3 is 51.6 Å². The van der Waals surface area contributed by atoms with Gasteiger partial charge in [0.2, 0.25) is 49.2 Å². The van der Waals surface area contributed by atoms with Gasteiger partial charge in [-0.15, -0.1) is 0 Å². The van der Waals surface area contributed by atoms with Gasteiger partial charge >= 0.3 is 18.0 Å². The highest BCUT2D eigenvalue weighted by atomic mass is 16.5. The quantitative estimate of drug-likeness (QED) is 0.0311. The number of carbonyl (C=O) groups excluding carboxylic acids is 8. The van der Waals surface area contributed by atoms with Gasteiger partial charge in [-0.25, -0.2) is 4.79 Å². The summed E-state index contributed by atoms with van der Waals surface area (Å²) in [5.74, 6) is -7.36. The second kappa shape index (κ2) is 23.7. The van der Waals surface area contributed by atoms with Gasteiger partial charge in [-0.3, -0.25) is 53.0 Å². The maximum atomic E-state index is 13.5. The molecule has 1 aromatic rings. The largest absolute Gasteiger partial charge is 0.480 e. The fourth-order valence-corrected chi connectivity index (χ4v) is 5.38. The third kappa shape index (κ3) is 17.9. The molecule has 0 aliphatic carbocycles. The van der Waals surface area contributed by atoms with E-state index in [0.29, 0.717) is 11.1 Å². The minimum absolute atomic E-state index is 0.0122. The van der Waals surface area contributed by atoms with E-state index in [1.165, 1.54) is 30.1 Å². The van der Waals surface area contributed by atoms with Crippen LogP contribution in [0.1, 0.15) is 43.7 Å². The number of carboxylic acid groups (broad SMARTS) is 2. The molecule has 8 amide bonds. The Morgan fingerprint density at radius 3 is 2.26 bits per heavy atom. The van der Waals surface area contributed by atoms with E-state index in [-0.39, 0.29) is 88.6 Å². The number of benzene rings is 1. The molecule has 22 nitrogen and oxygen atoms in total. The molecule has 57 heavy (non-hydrogen) atoms. The Hall–Kier alpha value is -6.10. The summed E-state index contributed by atoms with van der Waals surface area (Å²) in [5.41, 5.74) is 6.00. The topological polar surface area (TPSA) is 313 Å². The number of imide groups is 1. The molecule has 2 atom stereocenters. The van der Waals surface area contributed by atoms with Crippen LogP contribution in [0.15, 0.2) is 18.2 Å². The van der Waals surface area contributed by atoms with Crippen molar-refractivity contribution in [3.63, 3.8) is 0 Å². The first-order chi connectivity index (χ1) is 26.9. The fourth-order valence-electron chi connectivity index (χ4n) is 5.38. The lowest BCUT2D eigenvalue weighted by atomic mass is 10.1. The zero-order valence-corrected chi connectivity index (χ0v) is 31.6. The minimum atomic E-state index is -1.34. The van der Waals surface area contributed by atoms with Crippen molar-refractivity contribution in [1.29, 1.82) is 0 Å². The Morgan fingerprint density at radius 2 is 1.67 bits per heavy atom. The van der Waals surface area contributed by atoms with Crippen molar-refractivity contribution in [2.45, 2.75) is 51.8 Å². The summed E-state index contributed by atoms with van der Waals surface area (Å²) in [5, 5.41) is 28.2. The number of rotatable bonds is 25. The van der Waals surface area contributed by atoms with E-state index in [2.05, 4.69) is 21.3 Å². The van der Waals surface area contributed by atoms with E-state index in [0.717, 1.165) is 9.80 Å². The Morgan fingerprint density at radius 1 is 0.982 bits per heavy atom. The third-order valence-electron chi connectivity index (χ3n) is 8.22. The highest BCUT2D eigenvalue weighted by molar-refractivity contribution is 6.55. The summed E-state index contributed by atoms with van der Waals surface area (Å²) in [4.78, 5) is 123. The zero-order valence-electron chi connectivity index (χ0n) is 31.6. The van der Waals surface area contributed by atoms with Crippen LogP contribution in [0.5, 0.6) is 0 Å². The molecule has 2 rings (SSSR count). The van der Waals surface area contributed by atoms with Crippen molar-refractivity contribution in [2.75, 3.05) is 64.8 Å². The number of urea groups is 1. The fraction of sp³-hybridized carbons (Fsp3) is 0.529. The second-order valence-corrected chi connectivity index (χ2v) is 12.9. The smallest absolute Gasteiger partial charge is 0.317 e. The minimum Gasteiger partial charge on any atom is -0.480 e. The molecule has 1 aromatic carbocycles. The highest BCUT2D eigenvalue weighted by Gasteiger charge is 2.35. The molecule has 23 heteroatoms. The van der Waals surface area contributed by atoms with Crippen LogP contribution in [0.4, 0.5) is 15.3 Å². The van der Waals surface area contributed by atoms with Gasteiger partial charge in [-0.2, -0.15) is 0 Å². The van der Waals surface area contributed by atoms with Crippen molar-refractivity contribution in [3.8, 4) is 0 Å². The maximum Gasteiger partial charge on any atom is 0.317 e. The Bertz CT molecular complexity index is 1660. The van der Waals surface area contributed by atoms with E-state index >= 15 is 0 Å². The van der Waals surface area contributed by atoms with Crippen LogP contribution in [0.25, 0.3) is 0 Å². The van der Waals surface area contributed by atoms with Crippen LogP contribution in [-0.4, -0.2) is 158 Å². The molecule has 8 N–H and O–H groups in total. The molecule has 1 heterocycles. The van der Waals surface area contributed by atoms with Crippen LogP contribution >= 0.6 is 0 Å². The predicted octanol–water partition coefficient (Wildman–Crippen LogP) is -2.29. The molecule has 1 aliphatic rings. The molecule has 1 fully saturated rings. The van der Waals surface area contributed by atoms with Gasteiger partial charge in [0.1, 0.15) is 12.6 Å². The summed E-state index contributed by atoms with van der Waals surface area (Å²) >= 11 is 0. The van der Waals surface area contributed by atoms with Crippen LogP contribution in [0.2, 0.25) is 0 Å². The number of carboxylic acids is 2. The van der Waals surface area contributed by atoms with Crippen molar-refractivity contribution >= 4 is 72.8 Å². The Kier molecular flexibility index (Phi) is 19.6. The summed E-state index contributed by atoms with van der Waals surface area (Å²) < 4.78 is 10.3. The number of nitrogens with one attached hydrogen (secondary N) is 4. The number of hydrogen-bond acceptors (Lipinski definition) is 13. The predicted molar refractivity (Wildman–Crippen MR) is 197 cm³/mol. The number of hydrogen-bond donors (Lipinski definition) is 7. The number of aliphatic carboxylic acids is 2. The molecule has 0 spiro atoms. The summed E-state index contributed by atoms with van der Waals surface area (Å²) in [6, 6.07) is 2.38. The molecule has 1 unspecified atom stereocenters. The van der Waals surface area contributed by atoms with Crippen LogP contribution in [-0.2, 0) is 61.0 Å². The molecule has 310 valence electrons. The lowest BCUT2D eigenvalue weighted by Crippen LogP contribution is -2.47. The summed E-state index contributed by atoms with van der Waals surface area (Å²) in [6.45, 7) is -1.22. The first kappa shape index (κ1) is 47.1. The molecule has 1 aliphatic heterocycles. The molecule has 1 saturated heterocycles. The average Bonchev–Trinajstić information content (AvgIpc) is 3.36. The van der Waals surface area contributed by atoms with E-state index in [9.17, 15) is 47.9 Å². The number of amides is 8. The van der Waals surface area contributed by atoms with Gasteiger partial charge in [-0.05, 0) is 36.1 Å². The lowest BCUT2D eigenvalue weighted by molar-refractivity contribution is -0.144. The van der Waals surface area contributed by atoms with Crippen LogP contribution < -0.4 is 27.0 Å². The number of nitrogens with zero attached hydrogens (tertiary/aromatic N) is 3. The molecular weight excluding hydrogens is 755 g/mol. The number of likely N-dealkylation sites (N-methyl/N-ethyl adjacent to an activating group) is 1. The van der Waals surface area contributed by atoms with Gasteiger partial charge in [-0.1, -0.05) is 13.0 Å². The van der Waals surface area contributed by atoms with Crippen molar-refractivity contribution < 1.29 is 67.6 Å². The van der Waals surface area contributed by atoms with Crippen molar-refractivity contribution in [3.05, 3.63) is 29.3 Å². The number of primary amides is 1. The van der Waals surface area contributed by atoms with Crippen molar-refractivity contribution in [2.24, 2.45) is 11.7 Å². The first-order valence-corrected chi connectivity index (χ1v) is 17.6. The first-order valence-electron chi connectivity index (χ1n) is 17.6. The normalized spacial score (nSPS) is 14.1. The van der Waals surface area contributed by atoms with E-state index in [1.54, 1.807) is 6.92 Å². The molecule has 2 radical (unpaired) electrons. The summed E-state index contributed by atoms with van der Waals surface area (Å²) in [7, 11) is 6.48. The van der Waals surface area contributed by atoms with E-state index < -0.39 is 79.7 Å². The highest BCUT2D eigenvalue weighted by Crippen LogP contribution is 2.20. The number of nitrogens with two attached hydrogens (primary N) is 1. The molecule has 0 aromatic heterocycles. The molecule has 0 saturated carbocycles. The standard InChI is InChI=1S/C34H47BN8O14/c1-20-12-27(46)43(32(20)53)9-11-56-10-7-25(44)38-14-26(45)40-24(4-3-8-37-34(36)55)31(52)39-23-6-5-21(19-57-33(35)54)22(13-23)15-41(2)28(47)16-42(17-29(48)49)18-30(50)51/h5-6,13,20,24H,3-4,7-12,14-19H2,1-2H3,(H,38,44)(H,39,52)(H,40,45)(H,48,49)(H,50,51)(H3,36,37,55)/t20?,24-/m0/s1. The maximum absolute atomic E-state index is 13.5. The van der Waals surface area contributed by atoms with Crippen LogP contribution in [0, 0.1) is 5.92 Å². The number of likely N-dealkylation sites (tertiary alicyclic amines) is 1. The number of carbonyl (C=O) groups is 10. The SMILES string of the molecule is [B]C(=O)OCc1ccc(NC(=O)[C@H](CCCNC(N)=O)NC(=O)CNC(=O)CCOCCN2C(=O)CC(C)C2=O)cc1CN(C)C(=O)CN(CC(=O)O)CC(=O)O. The molecule has 0 bridgehead atoms. The monoisotopic (exact) mass is 802 g/mol. The van der Waals surface area contributed by atoms with E-state index in [1.807, 2.05) is 0 Å². The Balaban J connectivity index is 2.07. The van der Waals surface area contributed by atoms with E-state index in [4.69, 9.17) is 33.3 Å². The molecular formula is C34H47BN8O14. The lowest BCUT2D eigenvalue weighted by Gasteiger charge is -2.24. The van der Waals surface area contributed by atoms with Gasteiger partial charge in [0.05, 0.1) is 45.9 Å². The number of ether oxygens (including phenoxy) is 2. The average molecular weight is 803 g/mol. The number of anilines is 1. The van der Waals surface area contributed by atoms with Gasteiger partial charge in [0.25, 0.3) is 0 Å². The summed E-state index contributed by atoms with van der Waals surface area (Å²) in [6.07, 6.45) is 0.208. The van der Waals surface area contributed by atoms with Crippen LogP contribution in [0.3, 0.4) is 0 Å². The van der Waals surface area contributed by atoms with Gasteiger partial charge in [0.15, 0.2) is 0 Å². The second-order valence-electron chi connectivity index (χ2n) is 12.9.